The summed E-state index contributed by atoms with van der Waals surface area (Å²) in [6, 6.07) is 12.9. The zero-order valence-electron chi connectivity index (χ0n) is 29.9. The normalized spacial score (nSPS) is 16.7. The quantitative estimate of drug-likeness (QED) is 0.101. The van der Waals surface area contributed by atoms with E-state index in [4.69, 9.17) is 5.73 Å². The summed E-state index contributed by atoms with van der Waals surface area (Å²) in [7, 11) is -4.10. The highest BCUT2D eigenvalue weighted by molar-refractivity contribution is 7.92. The molecule has 3 atom stereocenters. The Morgan fingerprint density at radius 1 is 0.712 bits per heavy atom. The molecule has 3 aromatic carbocycles. The Morgan fingerprint density at radius 2 is 1.20 bits per heavy atom. The van der Waals surface area contributed by atoms with Gasteiger partial charge in [-0.3, -0.25) is 4.79 Å². The number of rotatable bonds is 11. The van der Waals surface area contributed by atoms with Gasteiger partial charge in [0, 0.05) is 35.7 Å². The van der Waals surface area contributed by atoms with Crippen molar-refractivity contribution in [3.8, 4) is 34.0 Å². The highest BCUT2D eigenvalue weighted by Gasteiger charge is 2.46. The van der Waals surface area contributed by atoms with Gasteiger partial charge >= 0.3 is 12.7 Å². The summed E-state index contributed by atoms with van der Waals surface area (Å²) in [6.07, 6.45) is -9.87. The number of hydrogen-bond donors (Lipinski definition) is 1. The molecule has 1 fully saturated rings. The van der Waals surface area contributed by atoms with Crippen LogP contribution in [0.3, 0.4) is 0 Å². The molecule has 1 saturated carbocycles. The minimum absolute atomic E-state index is 0. The number of aryl methyl sites for hydroxylation is 1. The molecule has 1 aliphatic carbocycles. The van der Waals surface area contributed by atoms with Gasteiger partial charge in [0.15, 0.2) is 33.0 Å². The van der Waals surface area contributed by atoms with Crippen LogP contribution in [0.2, 0.25) is 0 Å². The zero-order chi connectivity index (χ0) is 42.4. The van der Waals surface area contributed by atoms with Gasteiger partial charge in [0.1, 0.15) is 30.4 Å². The lowest BCUT2D eigenvalue weighted by Gasteiger charge is -2.19. The highest BCUT2D eigenvalue weighted by Crippen LogP contribution is 2.38. The van der Waals surface area contributed by atoms with Gasteiger partial charge in [-0.1, -0.05) is 0 Å². The van der Waals surface area contributed by atoms with Gasteiger partial charge in [0.25, 0.3) is 0 Å². The standard InChI is InChI=1S/C25H20F6N2O4S.C12H9F4N3O.ClH/c26-15-2-5-18(6-3-15)38(35,36)24-11-16(27)10-19(24)22(34)7-4-17-12-21(33-13-32-17)14-1-8-23(20(28)9-14)37-25(29,30)31;13-9-3-7(1-2-11(9)20-12(14,15)16)10-4-8(5-17)18-6-19-10;/h1-3,5-6,8-9,12-13,16,19,24H,4,7,10-11H2;1-4,6H,5,17H2;1H/t16-,19+,24?;;/m1../s1. The van der Waals surface area contributed by atoms with Gasteiger partial charge in [-0.05, 0) is 92.1 Å². The molecule has 22 heteroatoms. The van der Waals surface area contributed by atoms with E-state index in [-0.39, 0.29) is 60.8 Å². The first kappa shape index (κ1) is 46.3. The molecule has 0 aliphatic heterocycles. The minimum atomic E-state index is -5.06. The van der Waals surface area contributed by atoms with Crippen molar-refractivity contribution in [2.75, 3.05) is 0 Å². The van der Waals surface area contributed by atoms with Crippen LogP contribution in [-0.4, -0.2) is 58.3 Å². The lowest BCUT2D eigenvalue weighted by molar-refractivity contribution is -0.276. The van der Waals surface area contributed by atoms with E-state index in [1.54, 1.807) is 0 Å². The predicted octanol–water partition coefficient (Wildman–Crippen LogP) is 8.47. The molecule has 2 heterocycles. The Labute approximate surface area is 335 Å². The number of aromatic nitrogens is 4. The maximum Gasteiger partial charge on any atom is 0.573 e. The number of nitrogens with zero attached hydrogens (tertiary/aromatic N) is 4. The van der Waals surface area contributed by atoms with Crippen molar-refractivity contribution in [2.24, 2.45) is 11.7 Å². The predicted molar refractivity (Wildman–Crippen MR) is 192 cm³/mol. The Hall–Kier alpha value is -5.41. The number of carbonyl (C=O) groups is 1. The van der Waals surface area contributed by atoms with Crippen LogP contribution in [0.25, 0.3) is 22.5 Å². The van der Waals surface area contributed by atoms with Crippen LogP contribution in [-0.2, 0) is 27.6 Å². The first-order chi connectivity index (χ1) is 27.2. The van der Waals surface area contributed by atoms with Crippen LogP contribution in [0, 0.1) is 23.4 Å². The zero-order valence-corrected chi connectivity index (χ0v) is 31.5. The number of nitrogens with two attached hydrogens (primary N) is 1. The Kier molecular flexibility index (Phi) is 15.0. The number of carbonyl (C=O) groups excluding carboxylic acids is 1. The monoisotopic (exact) mass is 881 g/mol. The third kappa shape index (κ3) is 12.5. The van der Waals surface area contributed by atoms with E-state index in [1.165, 1.54) is 30.6 Å². The fraction of sp³-hybridized carbons (Fsp3) is 0.270. The summed E-state index contributed by atoms with van der Waals surface area (Å²) < 4.78 is 162. The molecule has 0 amide bonds. The van der Waals surface area contributed by atoms with E-state index in [1.807, 2.05) is 0 Å². The van der Waals surface area contributed by atoms with Crippen molar-refractivity contribution in [3.63, 3.8) is 0 Å². The van der Waals surface area contributed by atoms with E-state index in [0.717, 1.165) is 54.9 Å². The second-order valence-electron chi connectivity index (χ2n) is 12.6. The second-order valence-corrected chi connectivity index (χ2v) is 14.7. The van der Waals surface area contributed by atoms with Crippen LogP contribution in [0.5, 0.6) is 11.5 Å². The van der Waals surface area contributed by atoms with E-state index < -0.39 is 74.6 Å². The first-order valence-corrected chi connectivity index (χ1v) is 18.4. The molecule has 2 N–H and O–H groups in total. The molecule has 5 aromatic rings. The number of ether oxygens (including phenoxy) is 2. The number of benzene rings is 3. The van der Waals surface area contributed by atoms with E-state index in [2.05, 4.69) is 29.4 Å². The number of alkyl halides is 7. The molecule has 316 valence electrons. The summed E-state index contributed by atoms with van der Waals surface area (Å²) in [6.45, 7) is 0.174. The Balaban J connectivity index is 0.000000309. The Morgan fingerprint density at radius 3 is 1.68 bits per heavy atom. The van der Waals surface area contributed by atoms with Crippen LogP contribution < -0.4 is 15.2 Å². The van der Waals surface area contributed by atoms with Crippen molar-refractivity contribution < 1.29 is 66.6 Å². The van der Waals surface area contributed by atoms with Gasteiger partial charge in [0.05, 0.1) is 27.2 Å². The summed E-state index contributed by atoms with van der Waals surface area (Å²) >= 11 is 0. The van der Waals surface area contributed by atoms with Crippen molar-refractivity contribution in [1.82, 2.24) is 19.9 Å². The summed E-state index contributed by atoms with van der Waals surface area (Å²) in [5, 5.41) is -1.29. The molecular weight excluding hydrogens is 852 g/mol. The molecule has 0 spiro atoms. The van der Waals surface area contributed by atoms with Crippen LogP contribution in [0.1, 0.15) is 30.7 Å². The van der Waals surface area contributed by atoms with Crippen molar-refractivity contribution >= 4 is 28.0 Å². The van der Waals surface area contributed by atoms with E-state index >= 15 is 0 Å². The van der Waals surface area contributed by atoms with Crippen LogP contribution >= 0.6 is 12.4 Å². The SMILES string of the molecule is Cl.NCc1cc(-c2ccc(OC(F)(F)F)c(F)c2)ncn1.O=C(CCc1cc(-c2ccc(OC(F)(F)F)c(F)c2)ncn1)[C@@H]1C[C@@H](F)CC1S(=O)(=O)c1ccc(F)cc1. The average Bonchev–Trinajstić information content (AvgIpc) is 3.57. The minimum Gasteiger partial charge on any atom is -0.403 e. The van der Waals surface area contributed by atoms with E-state index in [0.29, 0.717) is 22.6 Å². The van der Waals surface area contributed by atoms with Crippen molar-refractivity contribution in [1.29, 1.82) is 0 Å². The second kappa shape index (κ2) is 19.1. The number of sulfone groups is 1. The molecule has 6 rings (SSSR count). The van der Waals surface area contributed by atoms with Crippen molar-refractivity contribution in [3.05, 3.63) is 114 Å². The molecule has 1 aliphatic rings. The van der Waals surface area contributed by atoms with Gasteiger partial charge in [-0.15, -0.1) is 38.7 Å². The number of halogens is 11. The fourth-order valence-electron chi connectivity index (χ4n) is 5.95. The third-order valence-corrected chi connectivity index (χ3v) is 10.8. The number of hydrogen-bond acceptors (Lipinski definition) is 10. The molecule has 10 nitrogen and oxygen atoms in total. The topological polar surface area (TPSA) is 147 Å². The first-order valence-electron chi connectivity index (χ1n) is 16.8. The summed E-state index contributed by atoms with van der Waals surface area (Å²) in [4.78, 5) is 28.5. The van der Waals surface area contributed by atoms with Crippen LogP contribution in [0.4, 0.5) is 43.9 Å². The van der Waals surface area contributed by atoms with Gasteiger partial charge in [-0.2, -0.15) is 0 Å². The molecule has 0 saturated heterocycles. The molecule has 0 radical (unpaired) electrons. The fourth-order valence-corrected chi connectivity index (χ4v) is 7.97. The van der Waals surface area contributed by atoms with Crippen molar-refractivity contribution in [2.45, 2.75) is 61.3 Å². The molecule has 2 aromatic heterocycles. The van der Waals surface area contributed by atoms with E-state index in [9.17, 15) is 57.1 Å². The Bertz CT molecular complexity index is 2360. The summed E-state index contributed by atoms with van der Waals surface area (Å²) in [5.41, 5.74) is 7.23. The largest absolute Gasteiger partial charge is 0.573 e. The van der Waals surface area contributed by atoms with Gasteiger partial charge < -0.3 is 15.2 Å². The van der Waals surface area contributed by atoms with Crippen LogP contribution in [0.15, 0.2) is 90.3 Å². The molecule has 0 bridgehead atoms. The molecule has 59 heavy (non-hydrogen) atoms. The molecule has 1 unspecified atom stereocenters. The maximum absolute atomic E-state index is 14.3. The van der Waals surface area contributed by atoms with Gasteiger partial charge in [-0.25, -0.2) is 45.9 Å². The molecular formula is C37H30ClF10N5O5S. The highest BCUT2D eigenvalue weighted by atomic mass is 35.5. The summed E-state index contributed by atoms with van der Waals surface area (Å²) in [5.74, 6) is -6.51. The average molecular weight is 882 g/mol. The number of Topliss-reactive ketones (excluding diaryl/α,β-unsaturated/α-hetero) is 1. The lowest BCUT2D eigenvalue weighted by atomic mass is 9.97. The van der Waals surface area contributed by atoms with Gasteiger partial charge in [0.2, 0.25) is 0 Å². The third-order valence-electron chi connectivity index (χ3n) is 8.59. The maximum atomic E-state index is 14.3. The number of ketones is 1. The smallest absolute Gasteiger partial charge is 0.403 e. The lowest BCUT2D eigenvalue weighted by Crippen LogP contribution is -2.31.